The van der Waals surface area contributed by atoms with Crippen molar-refractivity contribution in [1.82, 2.24) is 0 Å². The molecule has 6 heteroatoms. The van der Waals surface area contributed by atoms with Crippen molar-refractivity contribution in [3.05, 3.63) is 59.7 Å². The van der Waals surface area contributed by atoms with Crippen molar-refractivity contribution < 1.29 is 23.9 Å². The number of Topliss-reactive ketones (excluding diaryl/α,β-unsaturated/α-hetero) is 1. The molecule has 6 nitrogen and oxygen atoms in total. The van der Waals surface area contributed by atoms with E-state index in [1.165, 1.54) is 6.92 Å². The number of ketones is 1. The summed E-state index contributed by atoms with van der Waals surface area (Å²) in [6, 6.07) is 13.8. The zero-order valence-corrected chi connectivity index (χ0v) is 15.7. The van der Waals surface area contributed by atoms with Crippen LogP contribution in [0.5, 0.6) is 5.75 Å². The van der Waals surface area contributed by atoms with Gasteiger partial charge in [-0.05, 0) is 50.2 Å². The third-order valence-corrected chi connectivity index (χ3v) is 3.85. The lowest BCUT2D eigenvalue weighted by atomic mass is 10.1. The van der Waals surface area contributed by atoms with Crippen LogP contribution in [-0.4, -0.2) is 30.4 Å². The molecule has 142 valence electrons. The lowest BCUT2D eigenvalue weighted by Gasteiger charge is -2.14. The minimum absolute atomic E-state index is 0.0365. The second kappa shape index (κ2) is 9.52. The number of hydrogen-bond acceptors (Lipinski definition) is 5. The predicted octanol–water partition coefficient (Wildman–Crippen LogP) is 3.54. The van der Waals surface area contributed by atoms with Crippen molar-refractivity contribution in [2.75, 3.05) is 11.9 Å². The average Bonchev–Trinajstić information content (AvgIpc) is 2.67. The number of aryl methyl sites for hydroxylation is 1. The molecule has 0 unspecified atom stereocenters. The lowest BCUT2D eigenvalue weighted by Crippen LogP contribution is -2.31. The predicted molar refractivity (Wildman–Crippen MR) is 102 cm³/mol. The molecule has 0 spiro atoms. The summed E-state index contributed by atoms with van der Waals surface area (Å²) in [6.07, 6.45) is -0.526. The third kappa shape index (κ3) is 6.26. The topological polar surface area (TPSA) is 81.7 Å². The number of carbonyl (C=O) groups excluding carboxylic acids is 3. The quantitative estimate of drug-likeness (QED) is 0.568. The van der Waals surface area contributed by atoms with E-state index in [2.05, 4.69) is 5.32 Å². The van der Waals surface area contributed by atoms with Gasteiger partial charge < -0.3 is 14.8 Å². The van der Waals surface area contributed by atoms with Gasteiger partial charge in [-0.1, -0.05) is 24.6 Å². The zero-order valence-electron chi connectivity index (χ0n) is 15.7. The first-order valence-corrected chi connectivity index (χ1v) is 8.72. The Morgan fingerprint density at radius 3 is 2.22 bits per heavy atom. The number of esters is 1. The molecule has 0 aliphatic carbocycles. The van der Waals surface area contributed by atoms with Crippen LogP contribution in [0, 0.1) is 6.92 Å². The van der Waals surface area contributed by atoms with E-state index < -0.39 is 18.0 Å². The first-order valence-electron chi connectivity index (χ1n) is 8.72. The number of amides is 1. The maximum atomic E-state index is 12.1. The minimum atomic E-state index is -0.952. The van der Waals surface area contributed by atoms with Crippen LogP contribution in [0.3, 0.4) is 0 Å². The Bertz CT molecular complexity index is 796. The highest BCUT2D eigenvalue weighted by Crippen LogP contribution is 2.14. The molecule has 2 aromatic carbocycles. The van der Waals surface area contributed by atoms with Crippen LogP contribution < -0.4 is 10.1 Å². The number of anilines is 1. The molecule has 2 rings (SSSR count). The Labute approximate surface area is 158 Å². The summed E-state index contributed by atoms with van der Waals surface area (Å²) in [7, 11) is 0. The van der Waals surface area contributed by atoms with Crippen molar-refractivity contribution in [1.29, 1.82) is 0 Å². The maximum absolute atomic E-state index is 12.1. The molecule has 0 aliphatic rings. The van der Waals surface area contributed by atoms with Gasteiger partial charge in [0.15, 0.2) is 18.5 Å². The molecule has 0 heterocycles. The monoisotopic (exact) mass is 369 g/mol. The van der Waals surface area contributed by atoms with E-state index in [0.29, 0.717) is 23.4 Å². The van der Waals surface area contributed by atoms with Gasteiger partial charge in [-0.15, -0.1) is 0 Å². The normalized spacial score (nSPS) is 11.4. The molecule has 1 amide bonds. The Kier molecular flexibility index (Phi) is 7.11. The molecule has 0 bridgehead atoms. The Morgan fingerprint density at radius 2 is 1.63 bits per heavy atom. The summed E-state index contributed by atoms with van der Waals surface area (Å²) < 4.78 is 10.4. The summed E-state index contributed by atoms with van der Waals surface area (Å²) >= 11 is 0. The van der Waals surface area contributed by atoms with Crippen LogP contribution in [0.1, 0.15) is 36.2 Å². The molecule has 0 radical (unpaired) electrons. The second-order valence-electron chi connectivity index (χ2n) is 6.08. The first kappa shape index (κ1) is 20.2. The molecule has 2 aromatic rings. The molecule has 0 fully saturated rings. The van der Waals surface area contributed by atoms with Gasteiger partial charge in [-0.3, -0.25) is 9.59 Å². The highest BCUT2D eigenvalue weighted by Gasteiger charge is 2.18. The highest BCUT2D eigenvalue weighted by atomic mass is 16.6. The van der Waals surface area contributed by atoms with Gasteiger partial charge in [0.2, 0.25) is 0 Å². The fourth-order valence-corrected chi connectivity index (χ4v) is 2.25. The van der Waals surface area contributed by atoms with Gasteiger partial charge in [0.25, 0.3) is 5.91 Å². The fraction of sp³-hybridized carbons (Fsp3) is 0.286. The smallest absolute Gasteiger partial charge is 0.344 e. The summed E-state index contributed by atoms with van der Waals surface area (Å²) in [5.74, 6) is -0.601. The fourth-order valence-electron chi connectivity index (χ4n) is 2.25. The number of benzene rings is 2. The molecule has 1 N–H and O–H groups in total. The van der Waals surface area contributed by atoms with E-state index in [1.807, 2.05) is 19.1 Å². The van der Waals surface area contributed by atoms with Crippen molar-refractivity contribution in [3.63, 3.8) is 0 Å². The van der Waals surface area contributed by atoms with Gasteiger partial charge in [0.05, 0.1) is 0 Å². The van der Waals surface area contributed by atoms with Crippen LogP contribution in [0.25, 0.3) is 0 Å². The Morgan fingerprint density at radius 1 is 1.00 bits per heavy atom. The van der Waals surface area contributed by atoms with Crippen molar-refractivity contribution >= 4 is 23.3 Å². The molecular weight excluding hydrogens is 346 g/mol. The van der Waals surface area contributed by atoms with Gasteiger partial charge >= 0.3 is 5.97 Å². The maximum Gasteiger partial charge on any atom is 0.344 e. The summed E-state index contributed by atoms with van der Waals surface area (Å²) in [5, 5.41) is 2.68. The van der Waals surface area contributed by atoms with E-state index in [4.69, 9.17) is 9.47 Å². The van der Waals surface area contributed by atoms with Crippen molar-refractivity contribution in [2.45, 2.75) is 33.3 Å². The van der Waals surface area contributed by atoms with Crippen molar-refractivity contribution in [3.8, 4) is 5.75 Å². The largest absolute Gasteiger partial charge is 0.482 e. The van der Waals surface area contributed by atoms with Crippen LogP contribution in [0.15, 0.2) is 48.5 Å². The van der Waals surface area contributed by atoms with E-state index in [0.717, 1.165) is 5.56 Å². The molecule has 27 heavy (non-hydrogen) atoms. The molecule has 0 saturated carbocycles. The standard InChI is InChI=1S/C21H23NO5/c1-4-19(23)16-7-11-18(12-8-16)26-13-20(24)27-15(3)21(25)22-17-9-5-14(2)6-10-17/h5-12,15H,4,13H2,1-3H3,(H,22,25)/t15-/m0/s1. The molecule has 0 saturated heterocycles. The van der Waals surface area contributed by atoms with Crippen LogP contribution in [0.4, 0.5) is 5.69 Å². The van der Waals surface area contributed by atoms with E-state index in [9.17, 15) is 14.4 Å². The summed E-state index contributed by atoms with van der Waals surface area (Å²) in [5.41, 5.74) is 2.30. The molecule has 0 aliphatic heterocycles. The molecule has 0 aromatic heterocycles. The van der Waals surface area contributed by atoms with Crippen LogP contribution >= 0.6 is 0 Å². The zero-order chi connectivity index (χ0) is 19.8. The van der Waals surface area contributed by atoms with Gasteiger partial charge in [-0.2, -0.15) is 0 Å². The molecule has 1 atom stereocenters. The number of nitrogens with one attached hydrogen (secondary N) is 1. The number of hydrogen-bond donors (Lipinski definition) is 1. The first-order chi connectivity index (χ1) is 12.9. The third-order valence-electron chi connectivity index (χ3n) is 3.85. The summed E-state index contributed by atoms with van der Waals surface area (Å²) in [4.78, 5) is 35.5. The van der Waals surface area contributed by atoms with Crippen LogP contribution in [0.2, 0.25) is 0 Å². The number of rotatable bonds is 8. The average molecular weight is 369 g/mol. The van der Waals surface area contributed by atoms with Crippen molar-refractivity contribution in [2.24, 2.45) is 0 Å². The number of ether oxygens (including phenoxy) is 2. The lowest BCUT2D eigenvalue weighted by molar-refractivity contribution is -0.155. The SMILES string of the molecule is CCC(=O)c1ccc(OCC(=O)O[C@@H](C)C(=O)Nc2ccc(C)cc2)cc1. The van der Waals surface area contributed by atoms with E-state index >= 15 is 0 Å². The molecular formula is C21H23NO5. The van der Waals surface area contributed by atoms with Gasteiger partial charge in [0.1, 0.15) is 5.75 Å². The highest BCUT2D eigenvalue weighted by molar-refractivity contribution is 5.96. The van der Waals surface area contributed by atoms with E-state index in [1.54, 1.807) is 43.3 Å². The minimum Gasteiger partial charge on any atom is -0.482 e. The summed E-state index contributed by atoms with van der Waals surface area (Å²) in [6.45, 7) is 4.90. The second-order valence-corrected chi connectivity index (χ2v) is 6.08. The van der Waals surface area contributed by atoms with Gasteiger partial charge in [0, 0.05) is 17.7 Å². The van der Waals surface area contributed by atoms with E-state index in [-0.39, 0.29) is 12.4 Å². The van der Waals surface area contributed by atoms with Crippen LogP contribution in [-0.2, 0) is 14.3 Å². The Hall–Kier alpha value is -3.15. The van der Waals surface area contributed by atoms with Gasteiger partial charge in [-0.25, -0.2) is 4.79 Å². The Balaban J connectivity index is 1.79. The number of carbonyl (C=O) groups is 3.